The lowest BCUT2D eigenvalue weighted by Crippen LogP contribution is -2.38. The predicted molar refractivity (Wildman–Crippen MR) is 112 cm³/mol. The van der Waals surface area contributed by atoms with Gasteiger partial charge >= 0.3 is 6.09 Å². The Kier molecular flexibility index (Phi) is 9.59. The molecular weight excluding hydrogens is 390 g/mol. The van der Waals surface area contributed by atoms with Gasteiger partial charge in [-0.15, -0.1) is 6.58 Å². The van der Waals surface area contributed by atoms with Crippen LogP contribution in [0.15, 0.2) is 30.9 Å². The Bertz CT molecular complexity index is 721. The van der Waals surface area contributed by atoms with E-state index >= 15 is 0 Å². The molecule has 0 bridgehead atoms. The van der Waals surface area contributed by atoms with Gasteiger partial charge in [0.1, 0.15) is 5.75 Å². The summed E-state index contributed by atoms with van der Waals surface area (Å²) < 4.78 is 21.2. The van der Waals surface area contributed by atoms with Crippen molar-refractivity contribution in [2.75, 3.05) is 45.0 Å². The Labute approximate surface area is 177 Å². The third-order valence-electron chi connectivity index (χ3n) is 4.61. The van der Waals surface area contributed by atoms with Crippen LogP contribution in [0.5, 0.6) is 5.75 Å². The van der Waals surface area contributed by atoms with Gasteiger partial charge in [0.05, 0.1) is 39.0 Å². The Hall–Kier alpha value is -2.62. The highest BCUT2D eigenvalue weighted by Crippen LogP contribution is 2.25. The molecule has 1 fully saturated rings. The van der Waals surface area contributed by atoms with Crippen LogP contribution in [0.1, 0.15) is 25.3 Å². The molecular formula is C21H31N3O6. The number of hydrazine groups is 1. The number of hydrogen-bond donors (Lipinski definition) is 1. The van der Waals surface area contributed by atoms with Crippen molar-refractivity contribution in [2.24, 2.45) is 5.84 Å². The summed E-state index contributed by atoms with van der Waals surface area (Å²) in [6.45, 7) is 7.86. The molecule has 0 unspecified atom stereocenters. The minimum atomic E-state index is -0.676. The fraction of sp³-hybridized carbons (Fsp3) is 0.524. The number of ether oxygens (including phenoxy) is 4. The number of methoxy groups -OCH3 is 1. The average Bonchev–Trinajstić information content (AvgIpc) is 3.26. The van der Waals surface area contributed by atoms with Crippen LogP contribution in [0.4, 0.5) is 10.5 Å². The number of hydrogen-bond acceptors (Lipinski definition) is 7. The summed E-state index contributed by atoms with van der Waals surface area (Å²) >= 11 is 0. The van der Waals surface area contributed by atoms with Crippen LogP contribution in [-0.4, -0.2) is 63.2 Å². The standard InChI is InChI=1S/C21H31N3O6/c1-4-10-23(11-6-7-20-29-12-13-30-20)19(25)15-16-14-17(8-9-18(16)27-3)24(22)21(26)28-5-2/h4,8-9,14,20H,1,5-7,10-13,15,22H2,2-3H3. The fourth-order valence-corrected chi connectivity index (χ4v) is 3.12. The molecule has 2 amide bonds. The zero-order valence-corrected chi connectivity index (χ0v) is 17.7. The summed E-state index contributed by atoms with van der Waals surface area (Å²) in [6, 6.07) is 4.95. The van der Waals surface area contributed by atoms with Gasteiger partial charge in [0, 0.05) is 25.1 Å². The van der Waals surface area contributed by atoms with Gasteiger partial charge in [-0.2, -0.15) is 0 Å². The first kappa shape index (κ1) is 23.7. The lowest BCUT2D eigenvalue weighted by Gasteiger charge is -2.23. The van der Waals surface area contributed by atoms with Crippen LogP contribution >= 0.6 is 0 Å². The van der Waals surface area contributed by atoms with Crippen molar-refractivity contribution in [2.45, 2.75) is 32.5 Å². The predicted octanol–water partition coefficient (Wildman–Crippen LogP) is 2.24. The Morgan fingerprint density at radius 3 is 2.70 bits per heavy atom. The molecule has 0 radical (unpaired) electrons. The number of carbonyl (C=O) groups excluding carboxylic acids is 2. The molecule has 0 atom stereocenters. The van der Waals surface area contributed by atoms with Gasteiger partial charge < -0.3 is 23.8 Å². The summed E-state index contributed by atoms with van der Waals surface area (Å²) in [5.41, 5.74) is 1.03. The summed E-state index contributed by atoms with van der Waals surface area (Å²) in [5.74, 6) is 6.29. The molecule has 0 saturated carbocycles. The number of rotatable bonds is 11. The second-order valence-electron chi connectivity index (χ2n) is 6.68. The van der Waals surface area contributed by atoms with Gasteiger partial charge in [0.15, 0.2) is 6.29 Å². The number of amides is 2. The first-order valence-electron chi connectivity index (χ1n) is 10.0. The van der Waals surface area contributed by atoms with Gasteiger partial charge in [-0.3, -0.25) is 4.79 Å². The summed E-state index contributed by atoms with van der Waals surface area (Å²) in [5, 5.41) is 0.903. The van der Waals surface area contributed by atoms with Crippen molar-refractivity contribution < 1.29 is 28.5 Å². The van der Waals surface area contributed by atoms with Crippen LogP contribution in [-0.2, 0) is 25.4 Å². The molecule has 1 heterocycles. The monoisotopic (exact) mass is 421 g/mol. The molecule has 9 heteroatoms. The largest absolute Gasteiger partial charge is 0.496 e. The smallest absolute Gasteiger partial charge is 0.428 e. The summed E-state index contributed by atoms with van der Waals surface area (Å²) in [7, 11) is 1.53. The second kappa shape index (κ2) is 12.2. The fourth-order valence-electron chi connectivity index (χ4n) is 3.12. The van der Waals surface area contributed by atoms with Crippen molar-refractivity contribution in [3.05, 3.63) is 36.4 Å². The number of nitrogens with two attached hydrogens (primary N) is 1. The van der Waals surface area contributed by atoms with E-state index in [1.54, 1.807) is 36.1 Å². The third kappa shape index (κ3) is 6.72. The Morgan fingerprint density at radius 1 is 1.33 bits per heavy atom. The molecule has 166 valence electrons. The highest BCUT2D eigenvalue weighted by molar-refractivity contribution is 5.87. The number of carbonyl (C=O) groups is 2. The molecule has 1 saturated heterocycles. The normalized spacial score (nSPS) is 13.7. The summed E-state index contributed by atoms with van der Waals surface area (Å²) in [6.07, 6.45) is 2.39. The van der Waals surface area contributed by atoms with Crippen molar-refractivity contribution in [1.82, 2.24) is 4.90 Å². The molecule has 30 heavy (non-hydrogen) atoms. The number of benzene rings is 1. The minimum Gasteiger partial charge on any atom is -0.496 e. The molecule has 0 aliphatic carbocycles. The molecule has 0 aromatic heterocycles. The minimum absolute atomic E-state index is 0.0849. The SMILES string of the molecule is C=CCN(CCCC1OCCO1)C(=O)Cc1cc(N(N)C(=O)OCC)ccc1OC. The third-order valence-corrected chi connectivity index (χ3v) is 4.61. The zero-order valence-electron chi connectivity index (χ0n) is 17.7. The van der Waals surface area contributed by atoms with Gasteiger partial charge in [-0.05, 0) is 31.5 Å². The second-order valence-corrected chi connectivity index (χ2v) is 6.68. The average molecular weight is 421 g/mol. The molecule has 1 aliphatic heterocycles. The van der Waals surface area contributed by atoms with Gasteiger partial charge in [0.2, 0.25) is 5.91 Å². The molecule has 1 aromatic carbocycles. The summed E-state index contributed by atoms with van der Waals surface area (Å²) in [4.78, 5) is 26.6. The van der Waals surface area contributed by atoms with E-state index in [0.717, 1.165) is 17.9 Å². The van der Waals surface area contributed by atoms with Crippen molar-refractivity contribution in [1.29, 1.82) is 0 Å². The van der Waals surface area contributed by atoms with E-state index in [2.05, 4.69) is 6.58 Å². The van der Waals surface area contributed by atoms with E-state index in [1.165, 1.54) is 7.11 Å². The Morgan fingerprint density at radius 2 is 2.07 bits per heavy atom. The van der Waals surface area contributed by atoms with Crippen molar-refractivity contribution in [3.63, 3.8) is 0 Å². The maximum absolute atomic E-state index is 12.9. The van der Waals surface area contributed by atoms with E-state index in [1.807, 2.05) is 0 Å². The molecule has 2 N–H and O–H groups in total. The van der Waals surface area contributed by atoms with E-state index in [0.29, 0.717) is 43.3 Å². The van der Waals surface area contributed by atoms with Gasteiger partial charge in [-0.1, -0.05) is 6.08 Å². The Balaban J connectivity index is 2.05. The first-order valence-corrected chi connectivity index (χ1v) is 10.0. The quantitative estimate of drug-likeness (QED) is 0.253. The molecule has 9 nitrogen and oxygen atoms in total. The van der Waals surface area contributed by atoms with E-state index < -0.39 is 6.09 Å². The highest BCUT2D eigenvalue weighted by Gasteiger charge is 2.20. The molecule has 1 aliphatic rings. The van der Waals surface area contributed by atoms with Gasteiger partial charge in [-0.25, -0.2) is 15.6 Å². The molecule has 2 rings (SSSR count). The van der Waals surface area contributed by atoms with Crippen LogP contribution in [0, 0.1) is 0 Å². The lowest BCUT2D eigenvalue weighted by molar-refractivity contribution is -0.130. The number of anilines is 1. The van der Waals surface area contributed by atoms with Crippen molar-refractivity contribution >= 4 is 17.7 Å². The van der Waals surface area contributed by atoms with E-state index in [9.17, 15) is 9.59 Å². The van der Waals surface area contributed by atoms with Crippen LogP contribution in [0.25, 0.3) is 0 Å². The van der Waals surface area contributed by atoms with E-state index in [4.69, 9.17) is 24.8 Å². The lowest BCUT2D eigenvalue weighted by atomic mass is 10.1. The maximum Gasteiger partial charge on any atom is 0.428 e. The number of nitrogens with zero attached hydrogens (tertiary/aromatic N) is 2. The van der Waals surface area contributed by atoms with Crippen molar-refractivity contribution in [3.8, 4) is 5.75 Å². The van der Waals surface area contributed by atoms with Crippen LogP contribution in [0.3, 0.4) is 0 Å². The van der Waals surface area contributed by atoms with Gasteiger partial charge in [0.25, 0.3) is 0 Å². The first-order chi connectivity index (χ1) is 14.5. The molecule has 0 spiro atoms. The molecule has 1 aromatic rings. The van der Waals surface area contributed by atoms with E-state index in [-0.39, 0.29) is 25.2 Å². The van der Waals surface area contributed by atoms with Crippen LogP contribution < -0.4 is 15.6 Å². The maximum atomic E-state index is 12.9. The highest BCUT2D eigenvalue weighted by atomic mass is 16.7. The zero-order chi connectivity index (χ0) is 21.9. The van der Waals surface area contributed by atoms with Crippen LogP contribution in [0.2, 0.25) is 0 Å². The topological polar surface area (TPSA) is 104 Å².